The lowest BCUT2D eigenvalue weighted by Gasteiger charge is -2.23. The molecule has 0 spiro atoms. The van der Waals surface area contributed by atoms with Gasteiger partial charge in [0.25, 0.3) is 0 Å². The molecule has 0 saturated heterocycles. The first-order chi connectivity index (χ1) is 14.7. The van der Waals surface area contributed by atoms with E-state index in [-0.39, 0.29) is 40.5 Å². The molecule has 1 aromatic carbocycles. The van der Waals surface area contributed by atoms with Gasteiger partial charge in [0.15, 0.2) is 5.78 Å². The van der Waals surface area contributed by atoms with Gasteiger partial charge >= 0.3 is 5.63 Å². The summed E-state index contributed by atoms with van der Waals surface area (Å²) >= 11 is 0. The van der Waals surface area contributed by atoms with Gasteiger partial charge in [-0.1, -0.05) is 24.3 Å². The number of benzene rings is 1. The summed E-state index contributed by atoms with van der Waals surface area (Å²) in [6.45, 7) is 5.77. The number of carbonyl (C=O) groups excluding carboxylic acids is 2. The van der Waals surface area contributed by atoms with E-state index in [0.29, 0.717) is 5.57 Å². The maximum absolute atomic E-state index is 13.0. The van der Waals surface area contributed by atoms with Crippen molar-refractivity contribution in [1.29, 1.82) is 0 Å². The Bertz CT molecular complexity index is 1190. The third kappa shape index (κ3) is 4.58. The minimum atomic E-state index is -0.734. The lowest BCUT2D eigenvalue weighted by atomic mass is 9.90. The molecule has 3 N–H and O–H groups in total. The molecule has 31 heavy (non-hydrogen) atoms. The van der Waals surface area contributed by atoms with Crippen LogP contribution in [0.4, 0.5) is 0 Å². The van der Waals surface area contributed by atoms with E-state index < -0.39 is 29.0 Å². The highest BCUT2D eigenvalue weighted by Crippen LogP contribution is 2.33. The van der Waals surface area contributed by atoms with Crippen molar-refractivity contribution in [2.45, 2.75) is 19.4 Å². The van der Waals surface area contributed by atoms with Crippen LogP contribution in [-0.2, 0) is 0 Å². The second kappa shape index (κ2) is 8.74. The van der Waals surface area contributed by atoms with Crippen LogP contribution >= 0.6 is 0 Å². The standard InChI is InChI=1S/C23H21NO7/c1-4-5-12(2)6-16(20-9-14(30-3)10-21(28)31-20)24-17-11-19(27)22-15(23(17)29)7-13(25)8-18(22)26/h4-5,7-11,16,24-26H,2,6H2,1,3H3/b5-4-. The highest BCUT2D eigenvalue weighted by molar-refractivity contribution is 6.25. The number of phenolic OH excluding ortho intramolecular Hbond substituents is 2. The monoisotopic (exact) mass is 423 g/mol. The molecule has 0 aliphatic heterocycles. The van der Waals surface area contributed by atoms with Crippen LogP contribution < -0.4 is 15.7 Å². The summed E-state index contributed by atoms with van der Waals surface area (Å²) in [5.41, 5.74) is -0.359. The highest BCUT2D eigenvalue weighted by atomic mass is 16.5. The molecule has 0 fully saturated rings. The maximum atomic E-state index is 13.0. The number of fused-ring (bicyclic) bond motifs is 1. The number of hydrogen-bond donors (Lipinski definition) is 3. The van der Waals surface area contributed by atoms with Crippen molar-refractivity contribution in [3.63, 3.8) is 0 Å². The number of methoxy groups -OCH3 is 1. The molecule has 0 bridgehead atoms. The Morgan fingerprint density at radius 3 is 2.65 bits per heavy atom. The van der Waals surface area contributed by atoms with Gasteiger partial charge in [0.05, 0.1) is 30.5 Å². The Labute approximate surface area is 177 Å². The number of hydrogen-bond acceptors (Lipinski definition) is 8. The average Bonchev–Trinajstić information content (AvgIpc) is 2.70. The smallest absolute Gasteiger partial charge is 0.339 e. The first-order valence-corrected chi connectivity index (χ1v) is 9.36. The zero-order valence-electron chi connectivity index (χ0n) is 17.0. The lowest BCUT2D eigenvalue weighted by molar-refractivity contribution is 0.0973. The van der Waals surface area contributed by atoms with Crippen molar-refractivity contribution in [1.82, 2.24) is 5.32 Å². The summed E-state index contributed by atoms with van der Waals surface area (Å²) in [5.74, 6) is -1.59. The number of phenols is 2. The van der Waals surface area contributed by atoms with Crippen molar-refractivity contribution >= 4 is 11.6 Å². The molecule has 1 heterocycles. The fourth-order valence-electron chi connectivity index (χ4n) is 3.31. The summed E-state index contributed by atoms with van der Waals surface area (Å²) in [5, 5.41) is 22.7. The van der Waals surface area contributed by atoms with Gasteiger partial charge in [-0.3, -0.25) is 9.59 Å². The van der Waals surface area contributed by atoms with Crippen LogP contribution in [0.25, 0.3) is 0 Å². The molecular formula is C23H21NO7. The zero-order valence-corrected chi connectivity index (χ0v) is 17.0. The molecule has 1 aromatic heterocycles. The van der Waals surface area contributed by atoms with Gasteiger partial charge < -0.3 is 24.7 Å². The largest absolute Gasteiger partial charge is 0.508 e. The van der Waals surface area contributed by atoms with Gasteiger partial charge in [0, 0.05) is 23.8 Å². The summed E-state index contributed by atoms with van der Waals surface area (Å²) < 4.78 is 10.4. The second-order valence-corrected chi connectivity index (χ2v) is 6.92. The summed E-state index contributed by atoms with van der Waals surface area (Å²) in [6, 6.07) is 4.05. The number of nitrogens with one attached hydrogen (secondary N) is 1. The molecule has 0 amide bonds. The number of ether oxygens (including phenoxy) is 1. The number of ketones is 2. The molecule has 1 aliphatic rings. The molecule has 1 atom stereocenters. The Hall–Kier alpha value is -4.07. The van der Waals surface area contributed by atoms with E-state index >= 15 is 0 Å². The molecule has 1 unspecified atom stereocenters. The van der Waals surface area contributed by atoms with Gasteiger partial charge in [0.1, 0.15) is 23.0 Å². The molecular weight excluding hydrogens is 402 g/mol. The van der Waals surface area contributed by atoms with E-state index in [0.717, 1.165) is 18.2 Å². The Morgan fingerprint density at radius 1 is 1.23 bits per heavy atom. The van der Waals surface area contributed by atoms with Crippen molar-refractivity contribution < 1.29 is 29.0 Å². The van der Waals surface area contributed by atoms with E-state index in [1.54, 1.807) is 12.2 Å². The highest BCUT2D eigenvalue weighted by Gasteiger charge is 2.31. The fourth-order valence-corrected chi connectivity index (χ4v) is 3.31. The Balaban J connectivity index is 2.02. The third-order valence-corrected chi connectivity index (χ3v) is 4.65. The first-order valence-electron chi connectivity index (χ1n) is 9.36. The van der Waals surface area contributed by atoms with E-state index in [1.807, 2.05) is 6.92 Å². The van der Waals surface area contributed by atoms with Crippen molar-refractivity contribution in [2.24, 2.45) is 0 Å². The van der Waals surface area contributed by atoms with E-state index in [1.165, 1.54) is 19.2 Å². The van der Waals surface area contributed by atoms with Crippen molar-refractivity contribution in [3.8, 4) is 17.2 Å². The van der Waals surface area contributed by atoms with Crippen molar-refractivity contribution in [2.75, 3.05) is 7.11 Å². The van der Waals surface area contributed by atoms with Crippen LogP contribution in [0.1, 0.15) is 45.9 Å². The van der Waals surface area contributed by atoms with Crippen LogP contribution in [0.15, 0.2) is 69.6 Å². The summed E-state index contributed by atoms with van der Waals surface area (Å²) in [7, 11) is 1.40. The predicted molar refractivity (Wildman–Crippen MR) is 112 cm³/mol. The molecule has 8 nitrogen and oxygen atoms in total. The normalized spacial score (nSPS) is 14.2. The van der Waals surface area contributed by atoms with Crippen molar-refractivity contribution in [3.05, 3.63) is 87.6 Å². The second-order valence-electron chi connectivity index (χ2n) is 6.92. The maximum Gasteiger partial charge on any atom is 0.339 e. The third-order valence-electron chi connectivity index (χ3n) is 4.65. The van der Waals surface area contributed by atoms with Crippen LogP contribution in [-0.4, -0.2) is 28.9 Å². The number of carbonyl (C=O) groups is 2. The van der Waals surface area contributed by atoms with Gasteiger partial charge in [-0.25, -0.2) is 4.79 Å². The fraction of sp³-hybridized carbons (Fsp3) is 0.174. The Morgan fingerprint density at radius 2 is 1.97 bits per heavy atom. The van der Waals surface area contributed by atoms with Crippen LogP contribution in [0, 0.1) is 0 Å². The molecule has 2 aromatic rings. The summed E-state index contributed by atoms with van der Waals surface area (Å²) in [4.78, 5) is 37.4. The van der Waals surface area contributed by atoms with Crippen LogP contribution in [0.5, 0.6) is 17.2 Å². The molecule has 160 valence electrons. The molecule has 8 heteroatoms. The molecule has 0 saturated carbocycles. The van der Waals surface area contributed by atoms with E-state index in [4.69, 9.17) is 9.15 Å². The summed E-state index contributed by atoms with van der Waals surface area (Å²) in [6.07, 6.45) is 4.86. The molecule has 1 aliphatic carbocycles. The van der Waals surface area contributed by atoms with Crippen LogP contribution in [0.2, 0.25) is 0 Å². The zero-order chi connectivity index (χ0) is 22.7. The quantitative estimate of drug-likeness (QED) is 0.580. The lowest BCUT2D eigenvalue weighted by Crippen LogP contribution is -2.30. The number of aromatic hydroxyl groups is 2. The number of allylic oxidation sites excluding steroid dienone is 4. The Kier molecular flexibility index (Phi) is 6.10. The van der Waals surface area contributed by atoms with Gasteiger partial charge in [-0.15, -0.1) is 0 Å². The SMILES string of the molecule is C=C(/C=C\C)CC(NC1=CC(=O)c2c(O)cc(O)cc2C1=O)c1cc(OC)cc(=O)o1. The predicted octanol–water partition coefficient (Wildman–Crippen LogP) is 3.18. The topological polar surface area (TPSA) is 126 Å². The molecule has 0 radical (unpaired) electrons. The van der Waals surface area contributed by atoms with E-state index in [2.05, 4.69) is 11.9 Å². The van der Waals surface area contributed by atoms with Gasteiger partial charge in [-0.2, -0.15) is 0 Å². The van der Waals surface area contributed by atoms with E-state index in [9.17, 15) is 24.6 Å². The van der Waals surface area contributed by atoms with Crippen LogP contribution in [0.3, 0.4) is 0 Å². The minimum Gasteiger partial charge on any atom is -0.508 e. The van der Waals surface area contributed by atoms with Gasteiger partial charge in [0.2, 0.25) is 5.78 Å². The molecule has 3 rings (SSSR count). The average molecular weight is 423 g/mol. The number of Topliss-reactive ketones (excluding diaryl/α,β-unsaturated/α-hetero) is 1. The first kappa shape index (κ1) is 21.6. The van der Waals surface area contributed by atoms with Gasteiger partial charge in [-0.05, 0) is 19.4 Å². The number of rotatable bonds is 7. The minimum absolute atomic E-state index is 0.0775.